The SMILES string of the molecule is CCCCOC1CCNCC1. The molecule has 11 heavy (non-hydrogen) atoms. The Morgan fingerprint density at radius 3 is 2.73 bits per heavy atom. The first-order valence-electron chi connectivity index (χ1n) is 4.76. The molecule has 1 N–H and O–H groups in total. The molecule has 0 aromatic carbocycles. The first kappa shape index (κ1) is 9.01. The van der Waals surface area contributed by atoms with Crippen LogP contribution in [0, 0.1) is 0 Å². The summed E-state index contributed by atoms with van der Waals surface area (Å²) in [7, 11) is 0. The molecule has 66 valence electrons. The van der Waals surface area contributed by atoms with Crippen molar-refractivity contribution in [2.24, 2.45) is 0 Å². The van der Waals surface area contributed by atoms with Gasteiger partial charge in [-0.25, -0.2) is 0 Å². The zero-order valence-electron chi connectivity index (χ0n) is 7.44. The van der Waals surface area contributed by atoms with E-state index in [1.807, 2.05) is 0 Å². The van der Waals surface area contributed by atoms with Crippen molar-refractivity contribution in [2.45, 2.75) is 38.7 Å². The van der Waals surface area contributed by atoms with Crippen LogP contribution in [0.4, 0.5) is 0 Å². The molecule has 0 spiro atoms. The molecule has 2 heteroatoms. The highest BCUT2D eigenvalue weighted by molar-refractivity contribution is 4.67. The number of unbranched alkanes of at least 4 members (excludes halogenated alkanes) is 1. The number of piperidine rings is 1. The van der Waals surface area contributed by atoms with Crippen LogP contribution in [0.1, 0.15) is 32.6 Å². The Morgan fingerprint density at radius 1 is 1.36 bits per heavy atom. The van der Waals surface area contributed by atoms with Crippen molar-refractivity contribution >= 4 is 0 Å². The average Bonchev–Trinajstić information content (AvgIpc) is 2.07. The zero-order chi connectivity index (χ0) is 7.94. The molecule has 0 aliphatic carbocycles. The number of hydrogen-bond donors (Lipinski definition) is 1. The quantitative estimate of drug-likeness (QED) is 0.625. The molecule has 0 aromatic heterocycles. The largest absolute Gasteiger partial charge is 0.378 e. The molecule has 0 saturated carbocycles. The van der Waals surface area contributed by atoms with Crippen LogP contribution in [-0.2, 0) is 4.74 Å². The third-order valence-electron chi connectivity index (χ3n) is 2.14. The number of hydrogen-bond acceptors (Lipinski definition) is 2. The Hall–Kier alpha value is -0.0800. The first-order valence-corrected chi connectivity index (χ1v) is 4.76. The summed E-state index contributed by atoms with van der Waals surface area (Å²) in [5.41, 5.74) is 0. The summed E-state index contributed by atoms with van der Waals surface area (Å²) >= 11 is 0. The summed E-state index contributed by atoms with van der Waals surface area (Å²) < 4.78 is 5.68. The molecule has 0 aromatic rings. The maximum atomic E-state index is 5.68. The summed E-state index contributed by atoms with van der Waals surface area (Å²) in [4.78, 5) is 0. The minimum atomic E-state index is 0.544. The van der Waals surface area contributed by atoms with Crippen molar-refractivity contribution in [3.63, 3.8) is 0 Å². The molecular formula is C9H19NO. The molecular weight excluding hydrogens is 138 g/mol. The summed E-state index contributed by atoms with van der Waals surface area (Å²) in [5.74, 6) is 0. The van der Waals surface area contributed by atoms with Gasteiger partial charge in [-0.2, -0.15) is 0 Å². The highest BCUT2D eigenvalue weighted by Crippen LogP contribution is 2.07. The van der Waals surface area contributed by atoms with Crippen LogP contribution >= 0.6 is 0 Å². The fraction of sp³-hybridized carbons (Fsp3) is 1.00. The Balaban J connectivity index is 1.96. The van der Waals surface area contributed by atoms with Crippen molar-refractivity contribution in [3.8, 4) is 0 Å². The first-order chi connectivity index (χ1) is 5.43. The number of rotatable bonds is 4. The van der Waals surface area contributed by atoms with Gasteiger partial charge in [0.1, 0.15) is 0 Å². The highest BCUT2D eigenvalue weighted by Gasteiger charge is 2.11. The lowest BCUT2D eigenvalue weighted by atomic mass is 10.1. The topological polar surface area (TPSA) is 21.3 Å². The van der Waals surface area contributed by atoms with Crippen LogP contribution in [0.25, 0.3) is 0 Å². The van der Waals surface area contributed by atoms with Gasteiger partial charge in [-0.3, -0.25) is 0 Å². The van der Waals surface area contributed by atoms with E-state index in [0.717, 1.165) is 19.7 Å². The zero-order valence-corrected chi connectivity index (χ0v) is 7.44. The lowest BCUT2D eigenvalue weighted by Gasteiger charge is -2.22. The van der Waals surface area contributed by atoms with Gasteiger partial charge in [-0.15, -0.1) is 0 Å². The molecule has 0 amide bonds. The minimum Gasteiger partial charge on any atom is -0.378 e. The third-order valence-corrected chi connectivity index (χ3v) is 2.14. The van der Waals surface area contributed by atoms with E-state index >= 15 is 0 Å². The second-order valence-corrected chi connectivity index (χ2v) is 3.17. The monoisotopic (exact) mass is 157 g/mol. The van der Waals surface area contributed by atoms with E-state index in [9.17, 15) is 0 Å². The maximum Gasteiger partial charge on any atom is 0.0599 e. The Labute approximate surface area is 69.3 Å². The van der Waals surface area contributed by atoms with Crippen molar-refractivity contribution in [1.82, 2.24) is 5.32 Å². The normalized spacial score (nSPS) is 20.5. The molecule has 1 saturated heterocycles. The molecule has 1 fully saturated rings. The second-order valence-electron chi connectivity index (χ2n) is 3.17. The second kappa shape index (κ2) is 5.56. The van der Waals surface area contributed by atoms with Gasteiger partial charge in [0.15, 0.2) is 0 Å². The molecule has 2 nitrogen and oxygen atoms in total. The van der Waals surface area contributed by atoms with E-state index in [2.05, 4.69) is 12.2 Å². The van der Waals surface area contributed by atoms with Gasteiger partial charge in [-0.1, -0.05) is 13.3 Å². The summed E-state index contributed by atoms with van der Waals surface area (Å²) in [6, 6.07) is 0. The summed E-state index contributed by atoms with van der Waals surface area (Å²) in [6.45, 7) is 5.43. The van der Waals surface area contributed by atoms with Crippen LogP contribution in [0.3, 0.4) is 0 Å². The van der Waals surface area contributed by atoms with E-state index in [1.54, 1.807) is 0 Å². The summed E-state index contributed by atoms with van der Waals surface area (Å²) in [5, 5.41) is 3.33. The van der Waals surface area contributed by atoms with Crippen molar-refractivity contribution < 1.29 is 4.74 Å². The van der Waals surface area contributed by atoms with Crippen molar-refractivity contribution in [2.75, 3.05) is 19.7 Å². The predicted molar refractivity (Wildman–Crippen MR) is 46.8 cm³/mol. The molecule has 0 unspecified atom stereocenters. The highest BCUT2D eigenvalue weighted by atomic mass is 16.5. The van der Waals surface area contributed by atoms with Gasteiger partial charge < -0.3 is 10.1 Å². The van der Waals surface area contributed by atoms with E-state index in [1.165, 1.54) is 25.7 Å². The van der Waals surface area contributed by atoms with Crippen molar-refractivity contribution in [1.29, 1.82) is 0 Å². The average molecular weight is 157 g/mol. The fourth-order valence-electron chi connectivity index (χ4n) is 1.36. The van der Waals surface area contributed by atoms with Gasteiger partial charge in [-0.05, 0) is 32.4 Å². The minimum absolute atomic E-state index is 0.544. The predicted octanol–water partition coefficient (Wildman–Crippen LogP) is 1.56. The maximum absolute atomic E-state index is 5.68. The third kappa shape index (κ3) is 3.73. The van der Waals surface area contributed by atoms with Crippen LogP contribution in [0.2, 0.25) is 0 Å². The molecule has 0 atom stereocenters. The molecule has 1 rings (SSSR count). The Morgan fingerprint density at radius 2 is 2.09 bits per heavy atom. The van der Waals surface area contributed by atoms with Gasteiger partial charge in [0.2, 0.25) is 0 Å². The molecule has 0 bridgehead atoms. The number of nitrogens with one attached hydrogen (secondary N) is 1. The lowest BCUT2D eigenvalue weighted by Crippen LogP contribution is -2.32. The van der Waals surface area contributed by atoms with Crippen molar-refractivity contribution in [3.05, 3.63) is 0 Å². The van der Waals surface area contributed by atoms with Gasteiger partial charge in [0, 0.05) is 6.61 Å². The fourth-order valence-corrected chi connectivity index (χ4v) is 1.36. The Kier molecular flexibility index (Phi) is 4.55. The van der Waals surface area contributed by atoms with Gasteiger partial charge in [0.05, 0.1) is 6.10 Å². The van der Waals surface area contributed by atoms with Crippen LogP contribution in [0.5, 0.6) is 0 Å². The molecule has 0 radical (unpaired) electrons. The van der Waals surface area contributed by atoms with Crippen LogP contribution < -0.4 is 5.32 Å². The smallest absolute Gasteiger partial charge is 0.0599 e. The van der Waals surface area contributed by atoms with E-state index in [4.69, 9.17) is 4.74 Å². The molecule has 1 aliphatic rings. The Bertz CT molecular complexity index is 89.6. The van der Waals surface area contributed by atoms with Gasteiger partial charge >= 0.3 is 0 Å². The molecule has 1 aliphatic heterocycles. The molecule has 1 heterocycles. The van der Waals surface area contributed by atoms with Crippen LogP contribution in [-0.4, -0.2) is 25.8 Å². The lowest BCUT2D eigenvalue weighted by molar-refractivity contribution is 0.0314. The van der Waals surface area contributed by atoms with E-state index < -0.39 is 0 Å². The van der Waals surface area contributed by atoms with Crippen LogP contribution in [0.15, 0.2) is 0 Å². The number of ether oxygens (including phenoxy) is 1. The van der Waals surface area contributed by atoms with E-state index in [-0.39, 0.29) is 0 Å². The van der Waals surface area contributed by atoms with E-state index in [0.29, 0.717) is 6.10 Å². The summed E-state index contributed by atoms with van der Waals surface area (Å²) in [6.07, 6.45) is 5.39. The van der Waals surface area contributed by atoms with Gasteiger partial charge in [0.25, 0.3) is 0 Å². The standard InChI is InChI=1S/C9H19NO/c1-2-3-8-11-9-4-6-10-7-5-9/h9-10H,2-8H2,1H3.